The maximum absolute atomic E-state index is 8.97. The van der Waals surface area contributed by atoms with Crippen LogP contribution in [-0.2, 0) is 0 Å². The molecule has 2 atom stereocenters. The van der Waals surface area contributed by atoms with Gasteiger partial charge in [-0.25, -0.2) is 4.98 Å². The maximum Gasteiger partial charge on any atom is 0.146 e. The van der Waals surface area contributed by atoms with Gasteiger partial charge in [0, 0.05) is 18.7 Å². The van der Waals surface area contributed by atoms with Gasteiger partial charge in [-0.05, 0) is 36.1 Å². The predicted molar refractivity (Wildman–Crippen MR) is 66.4 cm³/mol. The van der Waals surface area contributed by atoms with Crippen LogP contribution in [0.25, 0.3) is 5.57 Å². The van der Waals surface area contributed by atoms with Crippen LogP contribution in [0.2, 0.25) is 5.15 Å². The van der Waals surface area contributed by atoms with Crippen LogP contribution in [0.4, 0.5) is 0 Å². The van der Waals surface area contributed by atoms with Crippen molar-refractivity contribution < 1.29 is 0 Å². The van der Waals surface area contributed by atoms with Gasteiger partial charge in [0.2, 0.25) is 0 Å². The highest BCUT2D eigenvalue weighted by molar-refractivity contribution is 6.30. The highest BCUT2D eigenvalue weighted by Gasteiger charge is 2.34. The highest BCUT2D eigenvalue weighted by atomic mass is 35.5. The Morgan fingerprint density at radius 2 is 2.35 bits per heavy atom. The van der Waals surface area contributed by atoms with Gasteiger partial charge in [0.15, 0.2) is 0 Å². The lowest BCUT2D eigenvalue weighted by atomic mass is 9.91. The van der Waals surface area contributed by atoms with Gasteiger partial charge in [0.1, 0.15) is 11.2 Å². The number of nitrogens with one attached hydrogen (secondary N) is 1. The monoisotopic (exact) mass is 245 g/mol. The zero-order valence-electron chi connectivity index (χ0n) is 9.28. The Kier molecular flexibility index (Phi) is 2.62. The molecule has 0 aromatic carbocycles. The van der Waals surface area contributed by atoms with Crippen LogP contribution in [0.5, 0.6) is 0 Å². The van der Waals surface area contributed by atoms with Gasteiger partial charge in [0.05, 0.1) is 5.56 Å². The first-order valence-electron chi connectivity index (χ1n) is 5.76. The maximum atomic E-state index is 8.97. The topological polar surface area (TPSA) is 48.7 Å². The van der Waals surface area contributed by atoms with E-state index in [1.807, 2.05) is 6.07 Å². The van der Waals surface area contributed by atoms with E-state index in [4.69, 9.17) is 16.9 Å². The normalized spacial score (nSPS) is 26.5. The number of rotatable bonds is 1. The Morgan fingerprint density at radius 1 is 1.47 bits per heavy atom. The number of allylic oxidation sites excluding steroid dienone is 1. The summed E-state index contributed by atoms with van der Waals surface area (Å²) in [6, 6.07) is 3.93. The predicted octanol–water partition coefficient (Wildman–Crippen LogP) is 2.23. The van der Waals surface area contributed by atoms with Crippen molar-refractivity contribution in [1.29, 1.82) is 5.26 Å². The van der Waals surface area contributed by atoms with Gasteiger partial charge in [-0.15, -0.1) is 0 Å². The van der Waals surface area contributed by atoms with E-state index in [0.29, 0.717) is 17.4 Å². The quantitative estimate of drug-likeness (QED) is 0.772. The molecule has 0 spiro atoms. The average Bonchev–Trinajstić information content (AvgIpc) is 2.92. The van der Waals surface area contributed by atoms with Crippen LogP contribution in [0, 0.1) is 23.2 Å². The molecular weight excluding hydrogens is 234 g/mol. The number of nitriles is 1. The molecule has 3 rings (SSSR count). The number of fused-ring (bicyclic) bond motifs is 1. The molecule has 1 aromatic heterocycles. The van der Waals surface area contributed by atoms with Gasteiger partial charge >= 0.3 is 0 Å². The summed E-state index contributed by atoms with van der Waals surface area (Å²) in [5.74, 6) is 1.29. The van der Waals surface area contributed by atoms with E-state index < -0.39 is 0 Å². The Bertz CT molecular complexity index is 530. The number of nitrogens with zero attached hydrogens (tertiary/aromatic N) is 2. The summed E-state index contributed by atoms with van der Waals surface area (Å²) in [6.07, 6.45) is 5.18. The van der Waals surface area contributed by atoms with E-state index >= 15 is 0 Å². The molecule has 1 saturated heterocycles. The van der Waals surface area contributed by atoms with Crippen LogP contribution in [-0.4, -0.2) is 18.1 Å². The summed E-state index contributed by atoms with van der Waals surface area (Å²) in [5.41, 5.74) is 2.82. The smallest absolute Gasteiger partial charge is 0.146 e. The molecule has 3 nitrogen and oxygen atoms in total. The van der Waals surface area contributed by atoms with Crippen molar-refractivity contribution in [3.63, 3.8) is 0 Å². The molecule has 0 amide bonds. The van der Waals surface area contributed by atoms with E-state index in [-0.39, 0.29) is 5.15 Å². The van der Waals surface area contributed by atoms with Crippen LogP contribution < -0.4 is 5.32 Å². The van der Waals surface area contributed by atoms with Gasteiger partial charge in [-0.1, -0.05) is 17.7 Å². The second kappa shape index (κ2) is 4.14. The molecule has 0 radical (unpaired) electrons. The summed E-state index contributed by atoms with van der Waals surface area (Å²) in [7, 11) is 0. The number of aromatic nitrogens is 1. The fourth-order valence-corrected chi connectivity index (χ4v) is 2.94. The summed E-state index contributed by atoms with van der Waals surface area (Å²) in [6.45, 7) is 2.12. The van der Waals surface area contributed by atoms with E-state index in [2.05, 4.69) is 22.4 Å². The van der Waals surface area contributed by atoms with Crippen LogP contribution >= 0.6 is 11.6 Å². The first kappa shape index (κ1) is 10.8. The summed E-state index contributed by atoms with van der Waals surface area (Å²) in [4.78, 5) is 4.09. The van der Waals surface area contributed by atoms with Crippen molar-refractivity contribution in [2.24, 2.45) is 11.8 Å². The first-order chi connectivity index (χ1) is 8.29. The Hall–Kier alpha value is -1.37. The molecule has 2 heterocycles. The highest BCUT2D eigenvalue weighted by Crippen LogP contribution is 2.40. The lowest BCUT2D eigenvalue weighted by molar-refractivity contribution is 0.542. The third kappa shape index (κ3) is 1.74. The number of pyridine rings is 1. The lowest BCUT2D eigenvalue weighted by Crippen LogP contribution is -2.10. The minimum Gasteiger partial charge on any atom is -0.316 e. The zero-order valence-corrected chi connectivity index (χ0v) is 10.0. The summed E-state index contributed by atoms with van der Waals surface area (Å²) < 4.78 is 0. The van der Waals surface area contributed by atoms with Crippen molar-refractivity contribution in [3.8, 4) is 6.07 Å². The van der Waals surface area contributed by atoms with Gasteiger partial charge in [-0.2, -0.15) is 5.26 Å². The van der Waals surface area contributed by atoms with Crippen LogP contribution in [0.3, 0.4) is 0 Å². The van der Waals surface area contributed by atoms with E-state index in [9.17, 15) is 0 Å². The summed E-state index contributed by atoms with van der Waals surface area (Å²) in [5, 5.41) is 12.7. The molecule has 1 aliphatic heterocycles. The SMILES string of the molecule is N#Cc1cc(C2=CC[C@H]3CNC[C@@H]23)cnc1Cl. The first-order valence-corrected chi connectivity index (χ1v) is 6.14. The second-order valence-corrected chi connectivity index (χ2v) is 4.95. The molecule has 17 heavy (non-hydrogen) atoms. The van der Waals surface area contributed by atoms with E-state index in [0.717, 1.165) is 25.1 Å². The van der Waals surface area contributed by atoms with Crippen molar-refractivity contribution in [1.82, 2.24) is 10.3 Å². The molecule has 1 N–H and O–H groups in total. The molecule has 1 aromatic rings. The zero-order chi connectivity index (χ0) is 11.8. The number of hydrogen-bond acceptors (Lipinski definition) is 3. The molecular formula is C13H12ClN3. The minimum absolute atomic E-state index is 0.288. The van der Waals surface area contributed by atoms with Crippen molar-refractivity contribution in [2.45, 2.75) is 6.42 Å². The fraction of sp³-hybridized carbons (Fsp3) is 0.385. The van der Waals surface area contributed by atoms with Gasteiger partial charge < -0.3 is 5.32 Å². The Balaban J connectivity index is 1.98. The van der Waals surface area contributed by atoms with Crippen LogP contribution in [0.15, 0.2) is 18.3 Å². The van der Waals surface area contributed by atoms with Crippen molar-refractivity contribution in [2.75, 3.05) is 13.1 Å². The number of hydrogen-bond donors (Lipinski definition) is 1. The molecule has 2 aliphatic rings. The largest absolute Gasteiger partial charge is 0.316 e. The molecule has 0 saturated carbocycles. The third-order valence-corrected chi connectivity index (χ3v) is 3.97. The third-order valence-electron chi connectivity index (χ3n) is 3.67. The minimum atomic E-state index is 0.288. The number of halogens is 1. The molecule has 1 fully saturated rings. The fourth-order valence-electron chi connectivity index (χ4n) is 2.79. The molecule has 0 bridgehead atoms. The molecule has 4 heteroatoms. The van der Waals surface area contributed by atoms with Gasteiger partial charge in [-0.3, -0.25) is 0 Å². The lowest BCUT2D eigenvalue weighted by Gasteiger charge is -2.13. The Morgan fingerprint density at radius 3 is 3.18 bits per heavy atom. The standard InChI is InChI=1S/C13H12ClN3/c14-13-9(4-15)3-10(6-17-13)11-2-1-8-5-16-7-12(8)11/h2-3,6,8,12,16H,1,5,7H2/t8-,12+/m0/s1. The molecule has 86 valence electrons. The molecule has 0 unspecified atom stereocenters. The van der Waals surface area contributed by atoms with Gasteiger partial charge in [0.25, 0.3) is 0 Å². The van der Waals surface area contributed by atoms with Crippen LogP contribution in [0.1, 0.15) is 17.5 Å². The van der Waals surface area contributed by atoms with E-state index in [1.54, 1.807) is 6.20 Å². The average molecular weight is 246 g/mol. The van der Waals surface area contributed by atoms with Crippen molar-refractivity contribution in [3.05, 3.63) is 34.6 Å². The van der Waals surface area contributed by atoms with E-state index in [1.165, 1.54) is 5.57 Å². The molecule has 1 aliphatic carbocycles. The van der Waals surface area contributed by atoms with Crippen molar-refractivity contribution >= 4 is 17.2 Å². The Labute approximate surface area is 105 Å². The second-order valence-electron chi connectivity index (χ2n) is 4.59. The summed E-state index contributed by atoms with van der Waals surface area (Å²) >= 11 is 5.85.